The molecule has 4 heterocycles. The van der Waals surface area contributed by atoms with Crippen LogP contribution >= 0.6 is 0 Å². The van der Waals surface area contributed by atoms with Gasteiger partial charge in [-0.05, 0) is 31.5 Å². The number of nitrogens with one attached hydrogen (secondary N) is 2. The van der Waals surface area contributed by atoms with Crippen molar-refractivity contribution in [1.82, 2.24) is 25.4 Å². The van der Waals surface area contributed by atoms with E-state index >= 15 is 0 Å². The van der Waals surface area contributed by atoms with Crippen LogP contribution < -0.4 is 10.6 Å². The first kappa shape index (κ1) is 18.7. The van der Waals surface area contributed by atoms with Gasteiger partial charge in [-0.2, -0.15) is 0 Å². The summed E-state index contributed by atoms with van der Waals surface area (Å²) in [7, 11) is 0. The summed E-state index contributed by atoms with van der Waals surface area (Å²) in [5, 5.41) is 9.68. The number of carbonyl (C=O) groups excluding carboxylic acids is 2. The van der Waals surface area contributed by atoms with Crippen molar-refractivity contribution in [2.24, 2.45) is 5.16 Å². The van der Waals surface area contributed by atoms with Crippen LogP contribution in [0.15, 0.2) is 29.6 Å². The second-order valence-corrected chi connectivity index (χ2v) is 7.60. The number of hydrogen-bond acceptors (Lipinski definition) is 6. The lowest BCUT2D eigenvalue weighted by molar-refractivity contribution is -0.114. The zero-order valence-corrected chi connectivity index (χ0v) is 15.9. The molecule has 0 radical (unpaired) electrons. The molecule has 150 valence electrons. The minimum atomic E-state index is -0.422. The average molecular weight is 386 g/mol. The zero-order valence-electron chi connectivity index (χ0n) is 15.9. The highest BCUT2D eigenvalue weighted by Crippen LogP contribution is 2.33. The number of nitrogens with zero attached hydrogens (tertiary/aromatic N) is 4. The van der Waals surface area contributed by atoms with E-state index in [2.05, 4.69) is 25.7 Å². The van der Waals surface area contributed by atoms with Crippen LogP contribution in [0, 0.1) is 0 Å². The van der Waals surface area contributed by atoms with Gasteiger partial charge in [0.2, 0.25) is 0 Å². The molecule has 2 fully saturated rings. The van der Waals surface area contributed by atoms with E-state index in [-0.39, 0.29) is 11.9 Å². The van der Waals surface area contributed by atoms with Gasteiger partial charge in [0.05, 0.1) is 5.69 Å². The fourth-order valence-electron chi connectivity index (χ4n) is 4.04. The van der Waals surface area contributed by atoms with Crippen molar-refractivity contribution in [3.63, 3.8) is 0 Å². The summed E-state index contributed by atoms with van der Waals surface area (Å²) >= 11 is 0. The predicted molar refractivity (Wildman–Crippen MR) is 103 cm³/mol. The van der Waals surface area contributed by atoms with Crippen LogP contribution in [0.1, 0.15) is 25.0 Å². The third-order valence-corrected chi connectivity index (χ3v) is 5.44. The minimum absolute atomic E-state index is 0.0788. The quantitative estimate of drug-likeness (QED) is 0.734. The molecule has 3 aliphatic rings. The SMILES string of the molecule is O=C(NCCN1CCNC1=O)C1=NOC2(CCCN(Cc3ccccn3)C2)C1. The standard InChI is InChI=1S/C19H26N6O3/c26-17(21-7-10-25-11-8-22-18(25)27)16-12-19(28-23-16)5-3-9-24(14-19)13-15-4-1-2-6-20-15/h1-2,4,6H,3,5,7-14H2,(H,21,26)(H,22,27). The maximum absolute atomic E-state index is 12.4. The summed E-state index contributed by atoms with van der Waals surface area (Å²) in [5.74, 6) is -0.210. The summed E-state index contributed by atoms with van der Waals surface area (Å²) in [4.78, 5) is 38.1. The number of amides is 3. The first-order valence-corrected chi connectivity index (χ1v) is 9.82. The third kappa shape index (κ3) is 4.24. The topological polar surface area (TPSA) is 99.2 Å². The molecule has 0 aromatic carbocycles. The Balaban J connectivity index is 1.26. The second kappa shape index (κ2) is 8.14. The molecule has 28 heavy (non-hydrogen) atoms. The fourth-order valence-corrected chi connectivity index (χ4v) is 4.04. The van der Waals surface area contributed by atoms with Gasteiger partial charge >= 0.3 is 6.03 Å². The van der Waals surface area contributed by atoms with Crippen molar-refractivity contribution in [2.75, 3.05) is 39.3 Å². The lowest BCUT2D eigenvalue weighted by atomic mass is 9.88. The molecule has 3 aliphatic heterocycles. The largest absolute Gasteiger partial charge is 0.387 e. The molecular weight excluding hydrogens is 360 g/mol. The molecule has 2 N–H and O–H groups in total. The molecule has 0 aliphatic carbocycles. The second-order valence-electron chi connectivity index (χ2n) is 7.60. The third-order valence-electron chi connectivity index (χ3n) is 5.44. The van der Waals surface area contributed by atoms with Gasteiger partial charge in [0.25, 0.3) is 5.91 Å². The summed E-state index contributed by atoms with van der Waals surface area (Å²) in [6, 6.07) is 5.85. The molecule has 0 saturated carbocycles. The first-order chi connectivity index (χ1) is 13.6. The lowest BCUT2D eigenvalue weighted by Crippen LogP contribution is -2.48. The van der Waals surface area contributed by atoms with Crippen LogP contribution in [0.4, 0.5) is 4.79 Å². The van der Waals surface area contributed by atoms with Gasteiger partial charge in [0.15, 0.2) is 5.60 Å². The van der Waals surface area contributed by atoms with Crippen LogP contribution in [0.25, 0.3) is 0 Å². The van der Waals surface area contributed by atoms with Crippen molar-refractivity contribution in [3.8, 4) is 0 Å². The number of urea groups is 1. The van der Waals surface area contributed by atoms with Crippen molar-refractivity contribution in [2.45, 2.75) is 31.4 Å². The predicted octanol–water partition coefficient (Wildman–Crippen LogP) is 0.334. The molecule has 1 aromatic rings. The monoisotopic (exact) mass is 386 g/mol. The number of oxime groups is 1. The summed E-state index contributed by atoms with van der Waals surface area (Å²) < 4.78 is 0. The fraction of sp³-hybridized carbons (Fsp3) is 0.579. The molecule has 0 bridgehead atoms. The number of likely N-dealkylation sites (tertiary alicyclic amines) is 1. The van der Waals surface area contributed by atoms with Crippen molar-refractivity contribution < 1.29 is 14.4 Å². The Bertz CT molecular complexity index is 755. The number of piperidine rings is 1. The van der Waals surface area contributed by atoms with Gasteiger partial charge in [0, 0.05) is 51.9 Å². The van der Waals surface area contributed by atoms with Gasteiger partial charge in [-0.3, -0.25) is 14.7 Å². The molecule has 1 atom stereocenters. The van der Waals surface area contributed by atoms with Crippen LogP contribution in [0.2, 0.25) is 0 Å². The van der Waals surface area contributed by atoms with Crippen LogP contribution in [-0.2, 0) is 16.2 Å². The Morgan fingerprint density at radius 3 is 3.07 bits per heavy atom. The van der Waals surface area contributed by atoms with Gasteiger partial charge in [0.1, 0.15) is 5.71 Å². The molecular formula is C19H26N6O3. The van der Waals surface area contributed by atoms with E-state index in [0.29, 0.717) is 38.3 Å². The molecule has 9 nitrogen and oxygen atoms in total. The minimum Gasteiger partial charge on any atom is -0.387 e. The summed E-state index contributed by atoms with van der Waals surface area (Å²) in [6.45, 7) is 4.72. The van der Waals surface area contributed by atoms with Crippen LogP contribution in [0.3, 0.4) is 0 Å². The number of hydrogen-bond donors (Lipinski definition) is 2. The highest BCUT2D eigenvalue weighted by atomic mass is 16.7. The smallest absolute Gasteiger partial charge is 0.317 e. The van der Waals surface area contributed by atoms with Gasteiger partial charge in [-0.15, -0.1) is 0 Å². The van der Waals surface area contributed by atoms with E-state index in [1.165, 1.54) is 0 Å². The van der Waals surface area contributed by atoms with Crippen LogP contribution in [-0.4, -0.2) is 77.3 Å². The van der Waals surface area contributed by atoms with Crippen molar-refractivity contribution in [3.05, 3.63) is 30.1 Å². The maximum atomic E-state index is 12.4. The van der Waals surface area contributed by atoms with Gasteiger partial charge in [-0.1, -0.05) is 11.2 Å². The Kier molecular flexibility index (Phi) is 5.43. The maximum Gasteiger partial charge on any atom is 0.317 e. The average Bonchev–Trinajstić information content (AvgIpc) is 3.29. The summed E-state index contributed by atoms with van der Waals surface area (Å²) in [5.41, 5.74) is 1.04. The number of aromatic nitrogens is 1. The van der Waals surface area contributed by atoms with E-state index in [1.54, 1.807) is 11.1 Å². The Hall–Kier alpha value is -2.68. The first-order valence-electron chi connectivity index (χ1n) is 9.82. The molecule has 4 rings (SSSR count). The van der Waals surface area contributed by atoms with Crippen LogP contribution in [0.5, 0.6) is 0 Å². The molecule has 9 heteroatoms. The zero-order chi connectivity index (χ0) is 19.4. The van der Waals surface area contributed by atoms with E-state index < -0.39 is 5.60 Å². The number of carbonyl (C=O) groups is 2. The molecule has 1 aromatic heterocycles. The van der Waals surface area contributed by atoms with E-state index in [0.717, 1.165) is 38.2 Å². The highest BCUT2D eigenvalue weighted by molar-refractivity contribution is 6.39. The van der Waals surface area contributed by atoms with Crippen molar-refractivity contribution in [1.29, 1.82) is 0 Å². The van der Waals surface area contributed by atoms with E-state index in [9.17, 15) is 9.59 Å². The molecule has 1 unspecified atom stereocenters. The molecule has 3 amide bonds. The Morgan fingerprint density at radius 1 is 1.36 bits per heavy atom. The van der Waals surface area contributed by atoms with Gasteiger partial charge in [-0.25, -0.2) is 4.79 Å². The van der Waals surface area contributed by atoms with E-state index in [4.69, 9.17) is 4.84 Å². The molecule has 2 saturated heterocycles. The van der Waals surface area contributed by atoms with Gasteiger partial charge < -0.3 is 20.4 Å². The molecule has 1 spiro atoms. The lowest BCUT2D eigenvalue weighted by Gasteiger charge is -2.38. The van der Waals surface area contributed by atoms with E-state index in [1.807, 2.05) is 18.2 Å². The number of pyridine rings is 1. The van der Waals surface area contributed by atoms with Crippen molar-refractivity contribution >= 4 is 17.6 Å². The Morgan fingerprint density at radius 2 is 2.29 bits per heavy atom. The summed E-state index contributed by atoms with van der Waals surface area (Å²) in [6.07, 6.45) is 4.21. The number of rotatable bonds is 6. The normalized spacial score (nSPS) is 24.8. The Labute approximate surface area is 164 Å². The highest BCUT2D eigenvalue weighted by Gasteiger charge is 2.44.